The Labute approximate surface area is 139 Å². The summed E-state index contributed by atoms with van der Waals surface area (Å²) in [4.78, 5) is 12.4. The Bertz CT molecular complexity index is 853. The number of hydrogen-bond acceptors (Lipinski definition) is 3. The molecule has 0 radical (unpaired) electrons. The number of carbonyl (C=O) groups is 1. The second-order valence-corrected chi connectivity index (χ2v) is 5.54. The minimum absolute atomic E-state index is 0.293. The lowest BCUT2D eigenvalue weighted by Gasteiger charge is -2.03. The van der Waals surface area contributed by atoms with Crippen LogP contribution in [0, 0.1) is 6.92 Å². The first kappa shape index (κ1) is 15.4. The van der Waals surface area contributed by atoms with Gasteiger partial charge in [-0.2, -0.15) is 0 Å². The fourth-order valence-electron chi connectivity index (χ4n) is 2.39. The number of aryl methyl sites for hydroxylation is 1. The van der Waals surface area contributed by atoms with Crippen molar-refractivity contribution in [2.45, 2.75) is 13.8 Å². The lowest BCUT2D eigenvalue weighted by atomic mass is 10.1. The van der Waals surface area contributed by atoms with E-state index in [4.69, 9.17) is 20.8 Å². The normalized spacial score (nSPS) is 10.7. The van der Waals surface area contributed by atoms with Crippen molar-refractivity contribution >= 4 is 34.2 Å². The summed E-state index contributed by atoms with van der Waals surface area (Å²) in [7, 11) is 0. The van der Waals surface area contributed by atoms with Gasteiger partial charge in [-0.3, -0.25) is 4.79 Å². The maximum atomic E-state index is 12.4. The van der Waals surface area contributed by atoms with E-state index in [1.54, 1.807) is 24.3 Å². The van der Waals surface area contributed by atoms with Crippen LogP contribution in [0.15, 0.2) is 46.9 Å². The van der Waals surface area contributed by atoms with Crippen LogP contribution >= 0.6 is 11.6 Å². The van der Waals surface area contributed by atoms with E-state index in [1.807, 2.05) is 32.0 Å². The van der Waals surface area contributed by atoms with Crippen molar-refractivity contribution in [2.24, 2.45) is 0 Å². The summed E-state index contributed by atoms with van der Waals surface area (Å²) < 4.78 is 11.2. The molecule has 0 atom stereocenters. The van der Waals surface area contributed by atoms with Crippen molar-refractivity contribution in [1.82, 2.24) is 0 Å². The van der Waals surface area contributed by atoms with Crippen molar-refractivity contribution in [2.75, 3.05) is 11.9 Å². The van der Waals surface area contributed by atoms with Crippen LogP contribution in [0.3, 0.4) is 0 Å². The zero-order chi connectivity index (χ0) is 16.4. The fourth-order valence-corrected chi connectivity index (χ4v) is 2.52. The molecule has 0 saturated carbocycles. The van der Waals surface area contributed by atoms with Gasteiger partial charge in [0.05, 0.1) is 6.61 Å². The second kappa shape index (κ2) is 6.34. The SMILES string of the molecule is CCOc1ccc2oc(C(=O)Nc3ccc(Cl)cc3)c(C)c2c1. The monoisotopic (exact) mass is 329 g/mol. The number of ether oxygens (including phenoxy) is 1. The van der Waals surface area contributed by atoms with Crippen LogP contribution in [-0.2, 0) is 0 Å². The van der Waals surface area contributed by atoms with Gasteiger partial charge in [0, 0.05) is 21.7 Å². The molecular formula is C18H16ClNO3. The molecule has 1 aromatic heterocycles. The Hall–Kier alpha value is -2.46. The molecular weight excluding hydrogens is 314 g/mol. The van der Waals surface area contributed by atoms with Gasteiger partial charge < -0.3 is 14.5 Å². The Kier molecular flexibility index (Phi) is 4.26. The van der Waals surface area contributed by atoms with Gasteiger partial charge in [-0.05, 0) is 56.3 Å². The number of hydrogen-bond donors (Lipinski definition) is 1. The summed E-state index contributed by atoms with van der Waals surface area (Å²) in [5, 5.41) is 4.29. The Morgan fingerprint density at radius 3 is 2.65 bits per heavy atom. The van der Waals surface area contributed by atoms with E-state index in [1.165, 1.54) is 0 Å². The van der Waals surface area contributed by atoms with E-state index >= 15 is 0 Å². The number of benzene rings is 2. The quantitative estimate of drug-likeness (QED) is 0.729. The van der Waals surface area contributed by atoms with E-state index in [0.29, 0.717) is 28.7 Å². The topological polar surface area (TPSA) is 51.5 Å². The number of amides is 1. The van der Waals surface area contributed by atoms with Gasteiger partial charge in [0.15, 0.2) is 5.76 Å². The van der Waals surface area contributed by atoms with Crippen molar-refractivity contribution < 1.29 is 13.9 Å². The molecule has 3 rings (SSSR count). The summed E-state index contributed by atoms with van der Waals surface area (Å²) in [6, 6.07) is 12.4. The summed E-state index contributed by atoms with van der Waals surface area (Å²) in [6.45, 7) is 4.38. The molecule has 118 valence electrons. The first-order valence-electron chi connectivity index (χ1n) is 7.31. The van der Waals surface area contributed by atoms with Gasteiger partial charge in [-0.25, -0.2) is 0 Å². The smallest absolute Gasteiger partial charge is 0.291 e. The van der Waals surface area contributed by atoms with Gasteiger partial charge in [0.1, 0.15) is 11.3 Å². The van der Waals surface area contributed by atoms with Crippen LogP contribution in [0.5, 0.6) is 5.75 Å². The molecule has 0 saturated heterocycles. The molecule has 23 heavy (non-hydrogen) atoms. The third kappa shape index (κ3) is 3.17. The zero-order valence-corrected chi connectivity index (χ0v) is 13.6. The Morgan fingerprint density at radius 1 is 1.22 bits per heavy atom. The van der Waals surface area contributed by atoms with E-state index < -0.39 is 0 Å². The Balaban J connectivity index is 1.91. The van der Waals surface area contributed by atoms with Gasteiger partial charge in [-0.1, -0.05) is 11.6 Å². The van der Waals surface area contributed by atoms with Gasteiger partial charge >= 0.3 is 0 Å². The average Bonchev–Trinajstić information content (AvgIpc) is 2.87. The highest BCUT2D eigenvalue weighted by molar-refractivity contribution is 6.30. The second-order valence-electron chi connectivity index (χ2n) is 5.11. The molecule has 0 bridgehead atoms. The highest BCUT2D eigenvalue weighted by atomic mass is 35.5. The number of carbonyl (C=O) groups excluding carboxylic acids is 1. The lowest BCUT2D eigenvalue weighted by molar-refractivity contribution is 0.0998. The molecule has 1 heterocycles. The van der Waals surface area contributed by atoms with Crippen molar-refractivity contribution in [3.05, 3.63) is 58.8 Å². The minimum Gasteiger partial charge on any atom is -0.494 e. The predicted molar refractivity (Wildman–Crippen MR) is 91.5 cm³/mol. The van der Waals surface area contributed by atoms with Crippen LogP contribution in [-0.4, -0.2) is 12.5 Å². The molecule has 4 nitrogen and oxygen atoms in total. The molecule has 1 amide bonds. The fraction of sp³-hybridized carbons (Fsp3) is 0.167. The summed E-state index contributed by atoms with van der Waals surface area (Å²) in [6.07, 6.45) is 0. The number of nitrogens with one attached hydrogen (secondary N) is 1. The third-order valence-electron chi connectivity index (χ3n) is 3.53. The van der Waals surface area contributed by atoms with Crippen molar-refractivity contribution in [1.29, 1.82) is 0 Å². The number of halogens is 1. The van der Waals surface area contributed by atoms with E-state index in [2.05, 4.69) is 5.32 Å². The first-order chi connectivity index (χ1) is 11.1. The van der Waals surface area contributed by atoms with Crippen LogP contribution in [0.2, 0.25) is 5.02 Å². The van der Waals surface area contributed by atoms with E-state index in [9.17, 15) is 4.79 Å². The average molecular weight is 330 g/mol. The molecule has 0 unspecified atom stereocenters. The summed E-state index contributed by atoms with van der Waals surface area (Å²) in [5.74, 6) is 0.760. The standard InChI is InChI=1S/C18H16ClNO3/c1-3-22-14-8-9-16-15(10-14)11(2)17(23-16)18(21)20-13-6-4-12(19)5-7-13/h4-10H,3H2,1-2H3,(H,20,21). The molecule has 0 aliphatic carbocycles. The molecule has 3 aromatic rings. The number of fused-ring (bicyclic) bond motifs is 1. The van der Waals surface area contributed by atoms with Crippen LogP contribution in [0.25, 0.3) is 11.0 Å². The zero-order valence-electron chi connectivity index (χ0n) is 12.9. The molecule has 0 aliphatic rings. The molecule has 5 heteroatoms. The minimum atomic E-state index is -0.293. The van der Waals surface area contributed by atoms with E-state index in [-0.39, 0.29) is 5.91 Å². The van der Waals surface area contributed by atoms with Crippen LogP contribution in [0.1, 0.15) is 23.0 Å². The summed E-state index contributed by atoms with van der Waals surface area (Å²) in [5.41, 5.74) is 2.11. The highest BCUT2D eigenvalue weighted by Gasteiger charge is 2.18. The van der Waals surface area contributed by atoms with Crippen molar-refractivity contribution in [3.8, 4) is 5.75 Å². The maximum Gasteiger partial charge on any atom is 0.291 e. The lowest BCUT2D eigenvalue weighted by Crippen LogP contribution is -2.11. The van der Waals surface area contributed by atoms with Crippen LogP contribution < -0.4 is 10.1 Å². The van der Waals surface area contributed by atoms with Gasteiger partial charge in [0.2, 0.25) is 0 Å². The predicted octanol–water partition coefficient (Wildman–Crippen LogP) is 5.05. The van der Waals surface area contributed by atoms with Gasteiger partial charge in [-0.15, -0.1) is 0 Å². The first-order valence-corrected chi connectivity index (χ1v) is 7.69. The van der Waals surface area contributed by atoms with Crippen LogP contribution in [0.4, 0.5) is 5.69 Å². The Morgan fingerprint density at radius 2 is 1.96 bits per heavy atom. The molecule has 2 aromatic carbocycles. The molecule has 0 fully saturated rings. The van der Waals surface area contributed by atoms with Crippen molar-refractivity contribution in [3.63, 3.8) is 0 Å². The summed E-state index contributed by atoms with van der Waals surface area (Å²) >= 11 is 5.84. The van der Waals surface area contributed by atoms with Gasteiger partial charge in [0.25, 0.3) is 5.91 Å². The number of furan rings is 1. The molecule has 1 N–H and O–H groups in total. The number of anilines is 1. The molecule has 0 aliphatic heterocycles. The molecule has 0 spiro atoms. The maximum absolute atomic E-state index is 12.4. The third-order valence-corrected chi connectivity index (χ3v) is 3.78. The van der Waals surface area contributed by atoms with E-state index in [0.717, 1.165) is 16.7 Å². The highest BCUT2D eigenvalue weighted by Crippen LogP contribution is 2.29. The largest absolute Gasteiger partial charge is 0.494 e. The number of rotatable bonds is 4.